The van der Waals surface area contributed by atoms with Gasteiger partial charge in [0.1, 0.15) is 0 Å². The van der Waals surface area contributed by atoms with Crippen LogP contribution in [-0.2, 0) is 0 Å². The topological polar surface area (TPSA) is 77.1 Å². The van der Waals surface area contributed by atoms with Crippen molar-refractivity contribution < 1.29 is 4.39 Å². The third-order valence-electron chi connectivity index (χ3n) is 5.77. The highest BCUT2D eigenvalue weighted by atomic mass is 19.1. The van der Waals surface area contributed by atoms with Crippen LogP contribution in [0.4, 0.5) is 4.39 Å². The first-order chi connectivity index (χ1) is 14.4. The van der Waals surface area contributed by atoms with Crippen LogP contribution in [-0.4, -0.2) is 36.0 Å². The molecule has 1 aliphatic rings. The summed E-state index contributed by atoms with van der Waals surface area (Å²) >= 11 is 0. The number of aromatic nitrogens is 5. The number of piperidine rings is 1. The molecule has 3 atom stereocenters. The third kappa shape index (κ3) is 3.17. The summed E-state index contributed by atoms with van der Waals surface area (Å²) in [4.78, 5) is 26.2. The lowest BCUT2D eigenvalue weighted by molar-refractivity contribution is 0.260. The minimum atomic E-state index is -0.436. The van der Waals surface area contributed by atoms with Gasteiger partial charge in [-0.25, -0.2) is 19.3 Å². The van der Waals surface area contributed by atoms with Gasteiger partial charge in [-0.05, 0) is 45.7 Å². The summed E-state index contributed by atoms with van der Waals surface area (Å²) in [6, 6.07) is 4.08. The Kier molecular flexibility index (Phi) is 4.39. The highest BCUT2D eigenvalue weighted by Gasteiger charge is 2.25. The van der Waals surface area contributed by atoms with Crippen LogP contribution >= 0.6 is 0 Å². The molecule has 1 saturated heterocycles. The van der Waals surface area contributed by atoms with Crippen molar-refractivity contribution >= 4 is 16.6 Å². The number of imidazole rings is 1. The molecule has 1 fully saturated rings. The second kappa shape index (κ2) is 6.98. The summed E-state index contributed by atoms with van der Waals surface area (Å²) in [5.74, 6) is -0.0650. The van der Waals surface area contributed by atoms with Crippen LogP contribution in [0.15, 0.2) is 41.7 Å². The standard InChI is InChI=1S/C22H23FN6O/c1-12-6-16(7-13(2)25-12)29-5-4-19-17(22(29)30)9-24-20(27-19)15-8-18(23)21-26-14(3)10-28(21)11-15/h4-5,8-13,16,25H,6-7H2,1-3H3/t12-,13?,16?/m1/s1. The largest absolute Gasteiger partial charge is 0.312 e. The fourth-order valence-corrected chi connectivity index (χ4v) is 4.53. The van der Waals surface area contributed by atoms with E-state index in [1.165, 1.54) is 6.07 Å². The number of aryl methyl sites for hydroxylation is 1. The molecule has 5 rings (SSSR count). The second-order valence-electron chi connectivity index (χ2n) is 8.30. The number of hydrogen-bond acceptors (Lipinski definition) is 5. The first kappa shape index (κ1) is 18.9. The van der Waals surface area contributed by atoms with E-state index in [9.17, 15) is 9.18 Å². The van der Waals surface area contributed by atoms with Crippen LogP contribution in [0.25, 0.3) is 27.9 Å². The third-order valence-corrected chi connectivity index (χ3v) is 5.77. The Morgan fingerprint density at radius 1 is 1.17 bits per heavy atom. The molecule has 5 heterocycles. The van der Waals surface area contributed by atoms with Crippen LogP contribution in [0.1, 0.15) is 38.4 Å². The highest BCUT2D eigenvalue weighted by molar-refractivity contribution is 5.78. The van der Waals surface area contributed by atoms with E-state index in [0.29, 0.717) is 34.4 Å². The van der Waals surface area contributed by atoms with E-state index < -0.39 is 5.82 Å². The van der Waals surface area contributed by atoms with Crippen molar-refractivity contribution in [1.29, 1.82) is 0 Å². The second-order valence-corrected chi connectivity index (χ2v) is 8.30. The molecule has 4 aromatic heterocycles. The molecular formula is C22H23FN6O. The highest BCUT2D eigenvalue weighted by Crippen LogP contribution is 2.25. The zero-order chi connectivity index (χ0) is 21.0. The molecule has 154 valence electrons. The van der Waals surface area contributed by atoms with Gasteiger partial charge in [0, 0.05) is 48.5 Å². The van der Waals surface area contributed by atoms with Crippen molar-refractivity contribution in [3.05, 3.63) is 58.8 Å². The molecule has 0 saturated carbocycles. The van der Waals surface area contributed by atoms with Crippen LogP contribution in [0.2, 0.25) is 0 Å². The van der Waals surface area contributed by atoms with E-state index >= 15 is 0 Å². The minimum Gasteiger partial charge on any atom is -0.312 e. The lowest BCUT2D eigenvalue weighted by atomic mass is 9.95. The number of hydrogen-bond donors (Lipinski definition) is 1. The van der Waals surface area contributed by atoms with E-state index in [1.807, 2.05) is 19.2 Å². The SMILES string of the molecule is Cc1cn2cc(-c3ncc4c(=O)n(C5CC(C)N[C@H](C)C5)ccc4n3)cc(F)c2n1. The van der Waals surface area contributed by atoms with E-state index in [0.717, 1.165) is 18.5 Å². The molecule has 8 heteroatoms. The van der Waals surface area contributed by atoms with E-state index in [4.69, 9.17) is 0 Å². The fourth-order valence-electron chi connectivity index (χ4n) is 4.53. The zero-order valence-electron chi connectivity index (χ0n) is 17.1. The molecule has 30 heavy (non-hydrogen) atoms. The molecular weight excluding hydrogens is 383 g/mol. The van der Waals surface area contributed by atoms with Gasteiger partial charge in [-0.15, -0.1) is 0 Å². The summed E-state index contributed by atoms with van der Waals surface area (Å²) in [6.45, 7) is 6.09. The number of halogens is 1. The fraction of sp³-hybridized carbons (Fsp3) is 0.364. The predicted octanol–water partition coefficient (Wildman–Crippen LogP) is 3.26. The molecule has 4 aromatic rings. The van der Waals surface area contributed by atoms with E-state index in [2.05, 4.69) is 34.1 Å². The molecule has 0 spiro atoms. The molecule has 1 aliphatic heterocycles. The Morgan fingerprint density at radius 2 is 1.93 bits per heavy atom. The number of fused-ring (bicyclic) bond motifs is 2. The van der Waals surface area contributed by atoms with Gasteiger partial charge in [0.05, 0.1) is 16.6 Å². The summed E-state index contributed by atoms with van der Waals surface area (Å²) in [7, 11) is 0. The van der Waals surface area contributed by atoms with E-state index in [1.54, 1.807) is 27.6 Å². The zero-order valence-corrected chi connectivity index (χ0v) is 17.1. The molecule has 0 radical (unpaired) electrons. The summed E-state index contributed by atoms with van der Waals surface area (Å²) < 4.78 is 17.9. The molecule has 7 nitrogen and oxygen atoms in total. The van der Waals surface area contributed by atoms with Gasteiger partial charge in [0.25, 0.3) is 5.56 Å². The monoisotopic (exact) mass is 406 g/mol. The predicted molar refractivity (Wildman–Crippen MR) is 113 cm³/mol. The van der Waals surface area contributed by atoms with E-state index in [-0.39, 0.29) is 17.2 Å². The van der Waals surface area contributed by atoms with Gasteiger partial charge in [0.15, 0.2) is 17.3 Å². The molecule has 1 N–H and O–H groups in total. The van der Waals surface area contributed by atoms with Gasteiger partial charge >= 0.3 is 0 Å². The van der Waals surface area contributed by atoms with Crippen LogP contribution in [0.5, 0.6) is 0 Å². The summed E-state index contributed by atoms with van der Waals surface area (Å²) in [6.07, 6.45) is 8.67. The smallest absolute Gasteiger partial charge is 0.261 e. The van der Waals surface area contributed by atoms with Crippen LogP contribution in [0.3, 0.4) is 0 Å². The first-order valence-corrected chi connectivity index (χ1v) is 10.2. The van der Waals surface area contributed by atoms with Gasteiger partial charge in [-0.2, -0.15) is 0 Å². The van der Waals surface area contributed by atoms with Gasteiger partial charge in [-0.1, -0.05) is 0 Å². The maximum atomic E-state index is 14.4. The van der Waals surface area contributed by atoms with Crippen molar-refractivity contribution in [2.24, 2.45) is 0 Å². The summed E-state index contributed by atoms with van der Waals surface area (Å²) in [5.41, 5.74) is 2.00. The Bertz CT molecular complexity index is 1320. The Hall–Kier alpha value is -3.13. The minimum absolute atomic E-state index is 0.0859. The normalized spacial score (nSPS) is 22.1. The Labute approximate surface area is 172 Å². The van der Waals surface area contributed by atoms with Crippen molar-refractivity contribution in [2.45, 2.75) is 51.7 Å². The van der Waals surface area contributed by atoms with Gasteiger partial charge in [-0.3, -0.25) is 4.79 Å². The first-order valence-electron chi connectivity index (χ1n) is 10.2. The maximum Gasteiger partial charge on any atom is 0.261 e. The van der Waals surface area contributed by atoms with Crippen molar-refractivity contribution in [3.8, 4) is 11.4 Å². The van der Waals surface area contributed by atoms with Crippen LogP contribution in [0, 0.1) is 12.7 Å². The number of rotatable bonds is 2. The Balaban J connectivity index is 1.57. The lowest BCUT2D eigenvalue weighted by Gasteiger charge is -2.34. The maximum absolute atomic E-state index is 14.4. The molecule has 0 amide bonds. The molecule has 0 aromatic carbocycles. The Morgan fingerprint density at radius 3 is 2.70 bits per heavy atom. The molecule has 0 bridgehead atoms. The number of nitrogens with zero attached hydrogens (tertiary/aromatic N) is 5. The van der Waals surface area contributed by atoms with Crippen molar-refractivity contribution in [3.63, 3.8) is 0 Å². The average molecular weight is 406 g/mol. The van der Waals surface area contributed by atoms with Gasteiger partial charge in [0.2, 0.25) is 0 Å². The number of pyridine rings is 2. The molecule has 2 unspecified atom stereocenters. The van der Waals surface area contributed by atoms with Gasteiger partial charge < -0.3 is 14.3 Å². The van der Waals surface area contributed by atoms with Crippen LogP contribution < -0.4 is 10.9 Å². The van der Waals surface area contributed by atoms with Crippen molar-refractivity contribution in [2.75, 3.05) is 0 Å². The quantitative estimate of drug-likeness (QED) is 0.553. The van der Waals surface area contributed by atoms with Crippen molar-refractivity contribution in [1.82, 2.24) is 29.2 Å². The molecule has 0 aliphatic carbocycles. The average Bonchev–Trinajstić information content (AvgIpc) is 3.08. The summed E-state index contributed by atoms with van der Waals surface area (Å²) in [5, 5.41) is 3.98. The number of nitrogens with one attached hydrogen (secondary N) is 1. The lowest BCUT2D eigenvalue weighted by Crippen LogP contribution is -2.44.